The minimum atomic E-state index is -0.575. The maximum atomic E-state index is 11.4. The molecule has 0 aromatic heterocycles. The Hall–Kier alpha value is -1.35. The van der Waals surface area contributed by atoms with Crippen molar-refractivity contribution in [3.05, 3.63) is 35.9 Å². The van der Waals surface area contributed by atoms with Crippen molar-refractivity contribution in [2.75, 3.05) is 13.1 Å². The summed E-state index contributed by atoms with van der Waals surface area (Å²) >= 11 is 0. The summed E-state index contributed by atoms with van der Waals surface area (Å²) in [5.41, 5.74) is 1.33. The number of rotatable bonds is 3. The zero-order valence-electron chi connectivity index (χ0n) is 11.2. The van der Waals surface area contributed by atoms with Crippen LogP contribution in [0.15, 0.2) is 30.3 Å². The monoisotopic (exact) mass is 259 g/mol. The molecule has 1 aromatic carbocycles. The maximum absolute atomic E-state index is 11.4. The molecule has 1 aromatic rings. The number of carbonyl (C=O) groups is 1. The van der Waals surface area contributed by atoms with E-state index >= 15 is 0 Å². The second-order valence-corrected chi connectivity index (χ2v) is 5.99. The van der Waals surface area contributed by atoms with Crippen molar-refractivity contribution < 1.29 is 9.90 Å². The van der Waals surface area contributed by atoms with Crippen molar-refractivity contribution in [3.8, 4) is 0 Å². The van der Waals surface area contributed by atoms with Crippen LogP contribution in [0.4, 0.5) is 0 Å². The molecule has 1 aliphatic carbocycles. The van der Waals surface area contributed by atoms with Crippen molar-refractivity contribution in [1.29, 1.82) is 0 Å². The lowest BCUT2D eigenvalue weighted by Gasteiger charge is -2.45. The standard InChI is InChI=1S/C16H21NO2/c18-16(19)15-13-7-4-8-14(15)11-17(10-13)9-12-5-2-1-3-6-12/h1-3,5-6,13-15H,4,7-11H2,(H,18,19)/t13-,14+,15?. The SMILES string of the molecule is O=C(O)C1[C@@H]2CCC[C@H]1CN(Cc1ccccc1)C2. The Bertz CT molecular complexity index is 431. The average molecular weight is 259 g/mol. The number of hydrogen-bond donors (Lipinski definition) is 1. The van der Waals surface area contributed by atoms with Crippen LogP contribution in [0.25, 0.3) is 0 Å². The van der Waals surface area contributed by atoms with E-state index in [9.17, 15) is 9.90 Å². The average Bonchev–Trinajstić information content (AvgIpc) is 2.38. The summed E-state index contributed by atoms with van der Waals surface area (Å²) in [7, 11) is 0. The minimum absolute atomic E-state index is 0.0965. The Balaban J connectivity index is 1.69. The number of piperidine rings is 1. The van der Waals surface area contributed by atoms with Gasteiger partial charge in [-0.25, -0.2) is 0 Å². The Kier molecular flexibility index (Phi) is 3.56. The molecule has 0 radical (unpaired) electrons. The van der Waals surface area contributed by atoms with Crippen LogP contribution in [0.5, 0.6) is 0 Å². The summed E-state index contributed by atoms with van der Waals surface area (Å²) in [6.07, 6.45) is 3.37. The molecular weight excluding hydrogens is 238 g/mol. The minimum Gasteiger partial charge on any atom is -0.481 e. The maximum Gasteiger partial charge on any atom is 0.307 e. The van der Waals surface area contributed by atoms with Gasteiger partial charge in [-0.15, -0.1) is 0 Å². The predicted octanol–water partition coefficient (Wildman–Crippen LogP) is 2.62. The second kappa shape index (κ2) is 5.33. The van der Waals surface area contributed by atoms with E-state index < -0.39 is 5.97 Å². The molecule has 3 rings (SSSR count). The van der Waals surface area contributed by atoms with Crippen molar-refractivity contribution in [2.45, 2.75) is 25.8 Å². The molecule has 2 aliphatic rings. The number of benzene rings is 1. The van der Waals surface area contributed by atoms with E-state index in [0.717, 1.165) is 32.5 Å². The third-order valence-electron chi connectivity index (χ3n) is 4.69. The highest BCUT2D eigenvalue weighted by Gasteiger charge is 2.43. The van der Waals surface area contributed by atoms with Gasteiger partial charge >= 0.3 is 5.97 Å². The van der Waals surface area contributed by atoms with E-state index in [1.165, 1.54) is 12.0 Å². The van der Waals surface area contributed by atoms with Crippen LogP contribution >= 0.6 is 0 Å². The first-order valence-corrected chi connectivity index (χ1v) is 7.23. The molecule has 1 saturated carbocycles. The second-order valence-electron chi connectivity index (χ2n) is 5.99. The zero-order valence-corrected chi connectivity index (χ0v) is 11.2. The van der Waals surface area contributed by atoms with Crippen molar-refractivity contribution in [3.63, 3.8) is 0 Å². The van der Waals surface area contributed by atoms with E-state index in [0.29, 0.717) is 11.8 Å². The molecule has 3 nitrogen and oxygen atoms in total. The Morgan fingerprint density at radius 2 is 1.79 bits per heavy atom. The lowest BCUT2D eigenvalue weighted by atomic mass is 9.69. The summed E-state index contributed by atoms with van der Waals surface area (Å²) in [5, 5.41) is 9.40. The molecular formula is C16H21NO2. The van der Waals surface area contributed by atoms with Gasteiger partial charge in [-0.2, -0.15) is 0 Å². The van der Waals surface area contributed by atoms with E-state index in [4.69, 9.17) is 0 Å². The summed E-state index contributed by atoms with van der Waals surface area (Å²) < 4.78 is 0. The zero-order chi connectivity index (χ0) is 13.2. The van der Waals surface area contributed by atoms with Crippen molar-refractivity contribution >= 4 is 5.97 Å². The van der Waals surface area contributed by atoms with Gasteiger partial charge in [-0.05, 0) is 30.2 Å². The molecule has 19 heavy (non-hydrogen) atoms. The Morgan fingerprint density at radius 1 is 1.16 bits per heavy atom. The first-order valence-electron chi connectivity index (χ1n) is 7.23. The highest BCUT2D eigenvalue weighted by atomic mass is 16.4. The molecule has 3 atom stereocenters. The van der Waals surface area contributed by atoms with E-state index in [-0.39, 0.29) is 5.92 Å². The van der Waals surface area contributed by atoms with Gasteiger partial charge in [-0.3, -0.25) is 9.69 Å². The molecule has 1 N–H and O–H groups in total. The molecule has 102 valence electrons. The number of nitrogens with zero attached hydrogens (tertiary/aromatic N) is 1. The number of carboxylic acid groups (broad SMARTS) is 1. The predicted molar refractivity (Wildman–Crippen MR) is 73.7 cm³/mol. The normalized spacial score (nSPS) is 31.1. The number of fused-ring (bicyclic) bond motifs is 2. The topological polar surface area (TPSA) is 40.5 Å². The molecule has 2 bridgehead atoms. The van der Waals surface area contributed by atoms with Crippen LogP contribution in [0.3, 0.4) is 0 Å². The van der Waals surface area contributed by atoms with E-state index in [1.807, 2.05) is 6.07 Å². The summed E-state index contributed by atoms with van der Waals surface area (Å²) in [5.74, 6) is 0.0391. The number of aliphatic carboxylic acids is 1. The molecule has 0 amide bonds. The van der Waals surface area contributed by atoms with Crippen LogP contribution in [0.1, 0.15) is 24.8 Å². The van der Waals surface area contributed by atoms with Gasteiger partial charge in [-0.1, -0.05) is 36.8 Å². The van der Waals surface area contributed by atoms with Gasteiger partial charge in [0.25, 0.3) is 0 Å². The smallest absolute Gasteiger partial charge is 0.307 e. The molecule has 1 saturated heterocycles. The van der Waals surface area contributed by atoms with Gasteiger partial charge in [0.05, 0.1) is 5.92 Å². The molecule has 3 heteroatoms. The highest BCUT2D eigenvalue weighted by molar-refractivity contribution is 5.71. The lowest BCUT2D eigenvalue weighted by molar-refractivity contribution is -0.151. The molecule has 1 heterocycles. The largest absolute Gasteiger partial charge is 0.481 e. The van der Waals surface area contributed by atoms with Crippen LogP contribution in [-0.2, 0) is 11.3 Å². The number of carboxylic acids is 1. The van der Waals surface area contributed by atoms with E-state index in [2.05, 4.69) is 29.2 Å². The first kappa shape index (κ1) is 12.7. The molecule has 2 fully saturated rings. The van der Waals surface area contributed by atoms with Gasteiger partial charge in [0.1, 0.15) is 0 Å². The summed E-state index contributed by atoms with van der Waals surface area (Å²) in [6.45, 7) is 2.85. The van der Waals surface area contributed by atoms with Crippen LogP contribution in [-0.4, -0.2) is 29.1 Å². The lowest BCUT2D eigenvalue weighted by Crippen LogP contribution is -2.50. The van der Waals surface area contributed by atoms with Crippen LogP contribution in [0, 0.1) is 17.8 Å². The molecule has 1 aliphatic heterocycles. The number of likely N-dealkylation sites (tertiary alicyclic amines) is 1. The first-order chi connectivity index (χ1) is 9.24. The molecule has 1 unspecified atom stereocenters. The quantitative estimate of drug-likeness (QED) is 0.907. The third-order valence-corrected chi connectivity index (χ3v) is 4.69. The fraction of sp³-hybridized carbons (Fsp3) is 0.562. The van der Waals surface area contributed by atoms with Crippen molar-refractivity contribution in [1.82, 2.24) is 4.90 Å². The van der Waals surface area contributed by atoms with Gasteiger partial charge in [0.2, 0.25) is 0 Å². The van der Waals surface area contributed by atoms with Crippen LogP contribution < -0.4 is 0 Å². The van der Waals surface area contributed by atoms with Crippen molar-refractivity contribution in [2.24, 2.45) is 17.8 Å². The number of hydrogen-bond acceptors (Lipinski definition) is 2. The molecule has 0 spiro atoms. The summed E-state index contributed by atoms with van der Waals surface area (Å²) in [4.78, 5) is 13.9. The van der Waals surface area contributed by atoms with Gasteiger partial charge in [0.15, 0.2) is 0 Å². The third kappa shape index (κ3) is 2.66. The fourth-order valence-corrected chi connectivity index (χ4v) is 3.91. The Labute approximate surface area is 114 Å². The van der Waals surface area contributed by atoms with Gasteiger partial charge < -0.3 is 5.11 Å². The highest BCUT2D eigenvalue weighted by Crippen LogP contribution is 2.40. The van der Waals surface area contributed by atoms with E-state index in [1.54, 1.807) is 0 Å². The fourth-order valence-electron chi connectivity index (χ4n) is 3.91. The summed E-state index contributed by atoms with van der Waals surface area (Å²) in [6, 6.07) is 10.5. The Morgan fingerprint density at radius 3 is 2.37 bits per heavy atom. The van der Waals surface area contributed by atoms with Gasteiger partial charge in [0, 0.05) is 19.6 Å². The van der Waals surface area contributed by atoms with Crippen LogP contribution in [0.2, 0.25) is 0 Å².